The number of rotatable bonds is 2. The van der Waals surface area contributed by atoms with Gasteiger partial charge in [-0.25, -0.2) is 13.9 Å². The Morgan fingerprint density at radius 2 is 1.70 bits per heavy atom. The van der Waals surface area contributed by atoms with Crippen LogP contribution in [0.1, 0.15) is 24.1 Å². The summed E-state index contributed by atoms with van der Waals surface area (Å²) in [4.78, 5) is 44.1. The van der Waals surface area contributed by atoms with Crippen LogP contribution in [0.2, 0.25) is 0 Å². The summed E-state index contributed by atoms with van der Waals surface area (Å²) in [6.07, 6.45) is 0.999. The van der Waals surface area contributed by atoms with Crippen molar-refractivity contribution in [3.05, 3.63) is 41.3 Å². The zero-order valence-corrected chi connectivity index (χ0v) is 16.2. The highest BCUT2D eigenvalue weighted by Crippen LogP contribution is 2.28. The molecule has 2 saturated heterocycles. The van der Waals surface area contributed by atoms with Gasteiger partial charge in [-0.15, -0.1) is 5.06 Å². The summed E-state index contributed by atoms with van der Waals surface area (Å²) in [6.45, 7) is 1.87. The number of carbonyl (C=O) groups is 3. The Hall–Kier alpha value is -3.43. The predicted octanol–water partition coefficient (Wildman–Crippen LogP) is 1.43. The highest BCUT2D eigenvalue weighted by atomic mass is 19.1. The molecule has 30 heavy (non-hydrogen) atoms. The Bertz CT molecular complexity index is 1030. The summed E-state index contributed by atoms with van der Waals surface area (Å²) in [5, 5.41) is 5.27. The highest BCUT2D eigenvalue weighted by molar-refractivity contribution is 6.01. The monoisotopic (exact) mass is 413 g/mol. The molecule has 0 radical (unpaired) electrons. The first kappa shape index (κ1) is 18.6. The second-order valence-corrected chi connectivity index (χ2v) is 7.59. The van der Waals surface area contributed by atoms with E-state index in [0.29, 0.717) is 31.2 Å². The van der Waals surface area contributed by atoms with E-state index in [2.05, 4.69) is 4.90 Å². The van der Waals surface area contributed by atoms with E-state index in [1.54, 1.807) is 12.1 Å². The highest BCUT2D eigenvalue weighted by Gasteiger charge is 2.35. The number of anilines is 1. The van der Waals surface area contributed by atoms with E-state index < -0.39 is 17.9 Å². The number of hydroxylamine groups is 2. The van der Waals surface area contributed by atoms with Gasteiger partial charge in [0.1, 0.15) is 5.82 Å². The van der Waals surface area contributed by atoms with Crippen molar-refractivity contribution < 1.29 is 23.6 Å². The lowest BCUT2D eigenvalue weighted by molar-refractivity contribution is -0.173. The number of hydrogen-bond acceptors (Lipinski definition) is 6. The Kier molecular flexibility index (Phi) is 4.41. The zero-order valence-electron chi connectivity index (χ0n) is 16.2. The van der Waals surface area contributed by atoms with E-state index in [-0.39, 0.29) is 18.7 Å². The maximum atomic E-state index is 13.5. The molecule has 3 aliphatic heterocycles. The minimum absolute atomic E-state index is 0.0701. The number of aryl methyl sites for hydroxylation is 2. The average Bonchev–Trinajstić information content (AvgIpc) is 3.32. The largest absolute Gasteiger partial charge is 0.434 e. The third kappa shape index (κ3) is 3.17. The van der Waals surface area contributed by atoms with Gasteiger partial charge in [0.25, 0.3) is 11.8 Å². The van der Waals surface area contributed by atoms with Crippen LogP contribution >= 0.6 is 0 Å². The Balaban J connectivity index is 1.25. The predicted molar refractivity (Wildman–Crippen MR) is 102 cm³/mol. The maximum absolute atomic E-state index is 13.5. The number of fused-ring (bicyclic) bond motifs is 3. The first-order valence-corrected chi connectivity index (χ1v) is 9.95. The van der Waals surface area contributed by atoms with Gasteiger partial charge in [-0.1, -0.05) is 0 Å². The number of benzene rings is 1. The molecule has 2 fully saturated rings. The van der Waals surface area contributed by atoms with Crippen LogP contribution in [0.25, 0.3) is 5.69 Å². The molecule has 3 aliphatic rings. The number of halogens is 1. The van der Waals surface area contributed by atoms with Crippen LogP contribution in [0.3, 0.4) is 0 Å². The normalized spacial score (nSPS) is 18.5. The van der Waals surface area contributed by atoms with Gasteiger partial charge in [0.15, 0.2) is 5.82 Å². The summed E-state index contributed by atoms with van der Waals surface area (Å²) in [6, 6.07) is 6.77. The van der Waals surface area contributed by atoms with E-state index in [1.165, 1.54) is 11.0 Å². The molecular weight excluding hydrogens is 393 g/mol. The number of carbonyl (C=O) groups excluding carboxylic acids is 3. The molecule has 9 nitrogen and oxygen atoms in total. The molecule has 1 aromatic heterocycles. The van der Waals surface area contributed by atoms with Crippen LogP contribution in [0.5, 0.6) is 0 Å². The number of hydrogen-bond donors (Lipinski definition) is 0. The van der Waals surface area contributed by atoms with E-state index in [1.807, 2.05) is 10.7 Å². The molecule has 0 aliphatic carbocycles. The molecule has 0 saturated carbocycles. The first-order chi connectivity index (χ1) is 14.5. The Morgan fingerprint density at radius 3 is 2.43 bits per heavy atom. The zero-order chi connectivity index (χ0) is 20.8. The summed E-state index contributed by atoms with van der Waals surface area (Å²) in [7, 11) is 0. The quantitative estimate of drug-likeness (QED) is 0.693. The lowest BCUT2D eigenvalue weighted by atomic mass is 10.0. The van der Waals surface area contributed by atoms with E-state index in [9.17, 15) is 18.8 Å². The van der Waals surface area contributed by atoms with Gasteiger partial charge in [-0.05, 0) is 36.6 Å². The third-order valence-electron chi connectivity index (χ3n) is 5.73. The molecule has 5 rings (SSSR count). The molecule has 2 aromatic rings. The van der Waals surface area contributed by atoms with Crippen LogP contribution in [-0.4, -0.2) is 63.8 Å². The number of amides is 3. The smallest absolute Gasteiger partial charge is 0.352 e. The van der Waals surface area contributed by atoms with E-state index >= 15 is 0 Å². The topological polar surface area (TPSA) is 88.0 Å². The SMILES string of the molecule is O=C(ON1C(=O)CCC1=O)N1CCN(c2cc3n(n2)-c2ccc(F)cc2CC3)CC1. The molecule has 3 amide bonds. The van der Waals surface area contributed by atoms with Crippen molar-refractivity contribution in [2.75, 3.05) is 31.1 Å². The Morgan fingerprint density at radius 1 is 0.967 bits per heavy atom. The van der Waals surface area contributed by atoms with Gasteiger partial charge in [0.2, 0.25) is 0 Å². The molecule has 0 bridgehead atoms. The third-order valence-corrected chi connectivity index (χ3v) is 5.73. The Labute approximate surface area is 171 Å². The maximum Gasteiger partial charge on any atom is 0.434 e. The lowest BCUT2D eigenvalue weighted by Crippen LogP contribution is -2.50. The summed E-state index contributed by atoms with van der Waals surface area (Å²) < 4.78 is 15.4. The van der Waals surface area contributed by atoms with Gasteiger partial charge >= 0.3 is 6.09 Å². The molecule has 0 spiro atoms. The summed E-state index contributed by atoms with van der Waals surface area (Å²) in [5.74, 6) is -0.420. The summed E-state index contributed by atoms with van der Waals surface area (Å²) in [5.41, 5.74) is 2.90. The number of nitrogens with zero attached hydrogens (tertiary/aromatic N) is 5. The number of piperazine rings is 1. The number of aromatic nitrogens is 2. The second-order valence-electron chi connectivity index (χ2n) is 7.59. The van der Waals surface area contributed by atoms with Crippen molar-refractivity contribution in [1.82, 2.24) is 19.7 Å². The second kappa shape index (κ2) is 7.12. The van der Waals surface area contributed by atoms with E-state index in [0.717, 1.165) is 35.6 Å². The molecule has 0 unspecified atom stereocenters. The fourth-order valence-corrected chi connectivity index (χ4v) is 4.08. The van der Waals surface area contributed by atoms with Crippen molar-refractivity contribution in [2.24, 2.45) is 0 Å². The molecule has 0 atom stereocenters. The first-order valence-electron chi connectivity index (χ1n) is 9.95. The van der Waals surface area contributed by atoms with Gasteiger partial charge in [0, 0.05) is 50.8 Å². The molecule has 156 valence electrons. The average molecular weight is 413 g/mol. The van der Waals surface area contributed by atoms with Crippen molar-refractivity contribution in [3.63, 3.8) is 0 Å². The van der Waals surface area contributed by atoms with Crippen LogP contribution in [-0.2, 0) is 27.3 Å². The van der Waals surface area contributed by atoms with Crippen molar-refractivity contribution in [2.45, 2.75) is 25.7 Å². The van der Waals surface area contributed by atoms with Crippen LogP contribution in [0, 0.1) is 5.82 Å². The van der Waals surface area contributed by atoms with Crippen LogP contribution in [0.15, 0.2) is 24.3 Å². The minimum atomic E-state index is -0.696. The molecule has 1 aromatic carbocycles. The molecule has 10 heteroatoms. The van der Waals surface area contributed by atoms with Crippen molar-refractivity contribution in [3.8, 4) is 5.69 Å². The van der Waals surface area contributed by atoms with Crippen LogP contribution < -0.4 is 4.90 Å². The van der Waals surface area contributed by atoms with Crippen LogP contribution in [0.4, 0.5) is 15.0 Å². The van der Waals surface area contributed by atoms with E-state index in [4.69, 9.17) is 9.94 Å². The van der Waals surface area contributed by atoms with Gasteiger partial charge < -0.3 is 14.6 Å². The fraction of sp³-hybridized carbons (Fsp3) is 0.400. The molecule has 0 N–H and O–H groups in total. The van der Waals surface area contributed by atoms with Gasteiger partial charge in [-0.2, -0.15) is 5.10 Å². The van der Waals surface area contributed by atoms with Gasteiger partial charge in [-0.3, -0.25) is 9.59 Å². The minimum Gasteiger partial charge on any atom is -0.352 e. The molecular formula is C20H20FN5O4. The lowest BCUT2D eigenvalue weighted by Gasteiger charge is -2.34. The standard InChI is InChI=1S/C20H20FN5O4/c21-14-2-4-16-13(11-14)1-3-15-12-17(22-25(15)16)23-7-9-24(10-8-23)20(29)30-26-18(27)5-6-19(26)28/h2,4,11-12H,1,3,5-10H2. The fourth-order valence-electron chi connectivity index (χ4n) is 4.08. The van der Waals surface area contributed by atoms with Crippen molar-refractivity contribution >= 4 is 23.7 Å². The van der Waals surface area contributed by atoms with Crippen molar-refractivity contribution in [1.29, 1.82) is 0 Å². The molecule has 4 heterocycles. The number of imide groups is 1. The summed E-state index contributed by atoms with van der Waals surface area (Å²) >= 11 is 0. The van der Waals surface area contributed by atoms with Gasteiger partial charge in [0.05, 0.1) is 5.69 Å².